The van der Waals surface area contributed by atoms with Gasteiger partial charge in [-0.25, -0.2) is 9.59 Å². The number of Topliss-reactive ketones (excluding diaryl/α,β-unsaturated/α-hetero) is 1. The van der Waals surface area contributed by atoms with Crippen LogP contribution in [-0.2, 0) is 23.7 Å². The van der Waals surface area contributed by atoms with E-state index in [0.717, 1.165) is 30.8 Å². The standard InChI is InChI=1S/C16H17NO.C13H12N.C8H15NO3.C8H13NO3.C3H5ClO.C2HBO2.C2H6.ClH/c18-15-11-17(12-15)16(13-7-3-1-4-8-13)14-9-5-2-6-10-14;14-13(11-7-3-1-4-8-11)12-9-5-2-6-10-12;2*1-8(2,3)12-7(11)9-4-6(10)5-9;4-1-3-2-5-3;4-2-1-3-5;1-2;/h1-10,15-16,18H,11-12H2;1-5,7-10,13H,14H2;6,10H,4-5H2,1-3H3;4-5H2,1-3H3;3H,1-2H2;4H;1-2H3;1H/q;+1;;;;;;. The number of aliphatic hydroxyl groups is 3. The van der Waals surface area contributed by atoms with Gasteiger partial charge in [-0.2, -0.15) is 0 Å². The van der Waals surface area contributed by atoms with Crippen LogP contribution < -0.4 is 5.73 Å². The Labute approximate surface area is 420 Å². The molecule has 2 unspecified atom stereocenters. The molecule has 14 nitrogen and oxygen atoms in total. The fraction of sp³-hybridized carbons (Fsp3) is 0.442. The van der Waals surface area contributed by atoms with Gasteiger partial charge in [-0.3, -0.25) is 14.6 Å². The van der Waals surface area contributed by atoms with E-state index in [1.165, 1.54) is 27.0 Å². The smallest absolute Gasteiger partial charge is 0.0794 e. The second-order valence-electron chi connectivity index (χ2n) is 17.5. The zero-order valence-electron chi connectivity index (χ0n) is 41.0. The summed E-state index contributed by atoms with van der Waals surface area (Å²) in [5.74, 6) is 2.49. The third-order valence-electron chi connectivity index (χ3n) is 9.33. The summed E-state index contributed by atoms with van der Waals surface area (Å²) >= 11 is 5.27. The maximum absolute atomic E-state index is 11.2. The Balaban J connectivity index is 0.000000428. The Bertz CT molecular complexity index is 2060. The van der Waals surface area contributed by atoms with Crippen molar-refractivity contribution in [2.24, 2.45) is 5.73 Å². The summed E-state index contributed by atoms with van der Waals surface area (Å²) in [5.41, 5.74) is 9.98. The molecule has 0 spiro atoms. The van der Waals surface area contributed by atoms with Gasteiger partial charge >= 0.3 is 41.1 Å². The van der Waals surface area contributed by atoms with Crippen LogP contribution in [0.2, 0.25) is 0 Å². The minimum Gasteiger partial charge on any atom is -0.390 e. The molecule has 5 aliphatic rings. The number of hydrogen-bond donors (Lipinski definition) is 4. The second-order valence-corrected chi connectivity index (χ2v) is 17.8. The first kappa shape index (κ1) is 61.6. The summed E-state index contributed by atoms with van der Waals surface area (Å²) in [4.78, 5) is 38.0. The van der Waals surface area contributed by atoms with Gasteiger partial charge in [0.25, 0.3) is 0 Å². The quantitative estimate of drug-likeness (QED) is 0.0616. The van der Waals surface area contributed by atoms with Gasteiger partial charge in [-0.15, -0.1) is 24.0 Å². The number of carbonyl (C=O) groups excluding carboxylic acids is 3. The first-order chi connectivity index (χ1) is 32.3. The van der Waals surface area contributed by atoms with Crippen LogP contribution in [0.25, 0.3) is 0 Å². The van der Waals surface area contributed by atoms with E-state index < -0.39 is 17.3 Å². The summed E-state index contributed by atoms with van der Waals surface area (Å²) in [6.07, 6.45) is 11.3. The van der Waals surface area contributed by atoms with Gasteiger partial charge in [0.15, 0.2) is 5.78 Å². The molecule has 3 aromatic rings. The molecule has 17 heteroatoms. The van der Waals surface area contributed by atoms with Crippen molar-refractivity contribution in [1.82, 2.24) is 14.7 Å². The van der Waals surface area contributed by atoms with Crippen LogP contribution in [0.15, 0.2) is 121 Å². The number of amides is 2. The first-order valence-electron chi connectivity index (χ1n) is 22.5. The number of allylic oxidation sites excluding steroid dienone is 4. The van der Waals surface area contributed by atoms with E-state index in [0.29, 0.717) is 32.2 Å². The molecule has 69 heavy (non-hydrogen) atoms. The Kier molecular flexibility index (Phi) is 29.0. The zero-order chi connectivity index (χ0) is 50.7. The zero-order valence-corrected chi connectivity index (χ0v) is 42.6. The largest absolute Gasteiger partial charge is 0.390 e. The number of ether oxygens (including phenoxy) is 3. The van der Waals surface area contributed by atoms with Crippen molar-refractivity contribution in [3.8, 4) is 11.9 Å². The van der Waals surface area contributed by atoms with E-state index in [9.17, 15) is 19.5 Å². The minimum atomic E-state index is -0.476. The average molecular weight is 993 g/mol. The van der Waals surface area contributed by atoms with Crippen LogP contribution in [0.1, 0.15) is 84.2 Å². The van der Waals surface area contributed by atoms with E-state index in [4.69, 9.17) is 46.5 Å². The SMILES string of the molecule is CC.CC(C)(C)OC(=O)N1CC(=O)C1.CC(C)(C)OC(=O)N1CC(O)C1.Cl.ClCC1CO1.NC(C1=CC=C[C+]=C1)c1ccccc1.O=BC#CO.OC1CN(C(c2ccccc2)c2ccccc2)C1. The van der Waals surface area contributed by atoms with Gasteiger partial charge in [0.05, 0.1) is 74.7 Å². The molecule has 0 saturated carbocycles. The molecule has 3 aromatic carbocycles. The van der Waals surface area contributed by atoms with Crippen LogP contribution in [-0.4, -0.2) is 136 Å². The van der Waals surface area contributed by atoms with Crippen LogP contribution >= 0.6 is 24.0 Å². The number of aliphatic hydroxyl groups excluding tert-OH is 3. The van der Waals surface area contributed by atoms with E-state index in [2.05, 4.69) is 59.5 Å². The summed E-state index contributed by atoms with van der Waals surface area (Å²) in [6, 6.07) is 31.3. The first-order valence-corrected chi connectivity index (χ1v) is 23.1. The number of benzene rings is 3. The fourth-order valence-electron chi connectivity index (χ4n) is 5.99. The number of hydrogen-bond acceptors (Lipinski definition) is 12. The molecule has 4 fully saturated rings. The molecule has 1 aliphatic carbocycles. The molecular weight excluding hydrogens is 922 g/mol. The van der Waals surface area contributed by atoms with E-state index in [1.54, 1.807) is 26.6 Å². The fourth-order valence-corrected chi connectivity index (χ4v) is 6.16. The summed E-state index contributed by atoms with van der Waals surface area (Å²) in [6.45, 7) is 18.5. The molecule has 0 aromatic heterocycles. The van der Waals surface area contributed by atoms with Crippen LogP contribution in [0, 0.1) is 18.0 Å². The molecule has 5 N–H and O–H groups in total. The third kappa shape index (κ3) is 25.2. The number of ketones is 1. The normalized spacial score (nSPS) is 16.7. The number of alkyl halides is 1. The van der Waals surface area contributed by atoms with Crippen LogP contribution in [0.3, 0.4) is 0 Å². The molecule has 2 amide bonds. The Morgan fingerprint density at radius 1 is 0.812 bits per heavy atom. The molecule has 2 atom stereocenters. The number of likely N-dealkylation sites (tertiary alicyclic amines) is 3. The number of halogens is 2. The molecule has 8 rings (SSSR count). The maximum atomic E-state index is 11.2. The van der Waals surface area contributed by atoms with Crippen molar-refractivity contribution in [1.29, 1.82) is 0 Å². The van der Waals surface area contributed by atoms with Crippen molar-refractivity contribution in [2.75, 3.05) is 51.8 Å². The van der Waals surface area contributed by atoms with Crippen LogP contribution in [0.4, 0.5) is 9.59 Å². The van der Waals surface area contributed by atoms with Gasteiger partial charge in [0.2, 0.25) is 0 Å². The predicted octanol–water partition coefficient (Wildman–Crippen LogP) is 7.80. The number of rotatable bonds is 6. The Hall–Kier alpha value is -5.40. The number of β-amino-alcohol motifs (C(OH)–C–C–N with tert-alkyl or cyclic N) is 2. The van der Waals surface area contributed by atoms with E-state index >= 15 is 0 Å². The van der Waals surface area contributed by atoms with Gasteiger partial charge < -0.3 is 35.1 Å². The molecule has 374 valence electrons. The maximum Gasteiger partial charge on any atom is 0.0794 e. The van der Waals surface area contributed by atoms with Crippen molar-refractivity contribution in [3.63, 3.8) is 0 Å². The second kappa shape index (κ2) is 32.4. The molecule has 4 aliphatic heterocycles. The number of epoxide rings is 1. The van der Waals surface area contributed by atoms with Gasteiger partial charge in [0.1, 0.15) is 29.4 Å². The van der Waals surface area contributed by atoms with Crippen molar-refractivity contribution in [2.45, 2.75) is 97.0 Å². The number of nitrogens with two attached hydrogens (primary N) is 1. The summed E-state index contributed by atoms with van der Waals surface area (Å²) in [5, 5.41) is 25.9. The number of carbonyl (C=O) groups is 3. The summed E-state index contributed by atoms with van der Waals surface area (Å²) in [7, 11) is 0.319. The molecule has 0 bridgehead atoms. The minimum absolute atomic E-state index is 0. The molecule has 0 radical (unpaired) electrons. The average Bonchev–Trinajstić information content (AvgIpc) is 4.14. The van der Waals surface area contributed by atoms with Gasteiger partial charge in [0, 0.05) is 25.2 Å². The predicted molar refractivity (Wildman–Crippen MR) is 273 cm³/mol. The van der Waals surface area contributed by atoms with E-state index in [1.807, 2.05) is 101 Å². The summed E-state index contributed by atoms with van der Waals surface area (Å²) < 4.78 is 23.9. The van der Waals surface area contributed by atoms with Crippen molar-refractivity contribution >= 4 is 49.1 Å². The molecular formula is C52H70BCl2N4O10+. The molecule has 4 heterocycles. The monoisotopic (exact) mass is 991 g/mol. The van der Waals surface area contributed by atoms with Gasteiger partial charge in [-0.1, -0.05) is 105 Å². The van der Waals surface area contributed by atoms with E-state index in [-0.39, 0.29) is 61.7 Å². The van der Waals surface area contributed by atoms with Crippen molar-refractivity contribution in [3.05, 3.63) is 144 Å². The molecule has 4 saturated heterocycles. The number of nitrogens with zero attached hydrogens (tertiary/aromatic N) is 3. The third-order valence-corrected chi connectivity index (χ3v) is 9.68. The topological polar surface area (TPSA) is 196 Å². The van der Waals surface area contributed by atoms with Crippen molar-refractivity contribution < 1.29 is 48.6 Å². The Morgan fingerprint density at radius 2 is 1.25 bits per heavy atom. The Morgan fingerprint density at radius 3 is 1.55 bits per heavy atom. The van der Waals surface area contributed by atoms with Crippen LogP contribution in [0.5, 0.6) is 0 Å². The van der Waals surface area contributed by atoms with Gasteiger partial charge in [-0.05, 0) is 58.2 Å².